The number of carbonyl (C=O) groups excluding carboxylic acids is 1. The first-order valence-electron chi connectivity index (χ1n) is 6.82. The molecule has 3 N–H and O–H groups in total. The molecule has 1 aliphatic rings. The van der Waals surface area contributed by atoms with Crippen LogP contribution in [0.3, 0.4) is 0 Å². The average molecular weight is 338 g/mol. The number of rotatable bonds is 6. The first-order chi connectivity index (χ1) is 11.1. The zero-order valence-electron chi connectivity index (χ0n) is 12.6. The van der Waals surface area contributed by atoms with Crippen LogP contribution in [0.5, 0.6) is 5.75 Å². The zero-order chi connectivity index (χ0) is 16.8. The van der Waals surface area contributed by atoms with E-state index in [4.69, 9.17) is 21.1 Å². The largest absolute Gasteiger partial charge is 0.495 e. The summed E-state index contributed by atoms with van der Waals surface area (Å²) in [6, 6.07) is 4.91. The molecule has 8 heteroatoms. The van der Waals surface area contributed by atoms with Gasteiger partial charge in [-0.1, -0.05) is 17.7 Å². The number of aliphatic imine (C=N–C) groups is 1. The quantitative estimate of drug-likeness (QED) is 0.686. The summed E-state index contributed by atoms with van der Waals surface area (Å²) in [4.78, 5) is 14.9. The van der Waals surface area contributed by atoms with Crippen molar-refractivity contribution in [2.24, 2.45) is 4.99 Å². The molecule has 122 valence electrons. The third kappa shape index (κ3) is 3.97. The van der Waals surface area contributed by atoms with Crippen molar-refractivity contribution in [2.45, 2.75) is 13.5 Å². The van der Waals surface area contributed by atoms with Crippen LogP contribution >= 0.6 is 11.6 Å². The maximum atomic E-state index is 11.0. The lowest BCUT2D eigenvalue weighted by Crippen LogP contribution is -2.32. The minimum absolute atomic E-state index is 0.0189. The van der Waals surface area contributed by atoms with Crippen LogP contribution in [0.2, 0.25) is 5.02 Å². The van der Waals surface area contributed by atoms with E-state index in [1.54, 1.807) is 25.0 Å². The van der Waals surface area contributed by atoms with Gasteiger partial charge in [0, 0.05) is 6.54 Å². The molecule has 1 heterocycles. The van der Waals surface area contributed by atoms with E-state index >= 15 is 0 Å². The van der Waals surface area contributed by atoms with E-state index < -0.39 is 6.02 Å². The van der Waals surface area contributed by atoms with E-state index in [9.17, 15) is 9.90 Å². The van der Waals surface area contributed by atoms with E-state index in [1.165, 1.54) is 7.11 Å². The average Bonchev–Trinajstić information content (AvgIpc) is 2.54. The van der Waals surface area contributed by atoms with Gasteiger partial charge in [0.15, 0.2) is 23.2 Å². The van der Waals surface area contributed by atoms with Gasteiger partial charge >= 0.3 is 0 Å². The minimum atomic E-state index is -0.415. The van der Waals surface area contributed by atoms with E-state index in [1.807, 2.05) is 6.07 Å². The Morgan fingerprint density at radius 2 is 2.26 bits per heavy atom. The number of halogens is 1. The number of ether oxygens (including phenoxy) is 2. The molecule has 2 rings (SSSR count). The summed E-state index contributed by atoms with van der Waals surface area (Å²) in [5, 5.41) is 15.4. The Balaban J connectivity index is 2.22. The molecule has 1 aliphatic heterocycles. The summed E-state index contributed by atoms with van der Waals surface area (Å²) < 4.78 is 10.5. The molecule has 0 radical (unpaired) electrons. The topological polar surface area (TPSA) is 92.2 Å². The Kier molecular flexibility index (Phi) is 5.51. The van der Waals surface area contributed by atoms with Gasteiger partial charge < -0.3 is 19.9 Å². The number of methoxy groups -OCH3 is 1. The molecule has 0 saturated carbocycles. The number of hydrogen-bond donors (Lipinski definition) is 3. The molecule has 0 aromatic heterocycles. The van der Waals surface area contributed by atoms with Gasteiger partial charge in [-0.3, -0.25) is 5.32 Å². The summed E-state index contributed by atoms with van der Waals surface area (Å²) in [7, 11) is 1.54. The van der Waals surface area contributed by atoms with E-state index in [2.05, 4.69) is 15.6 Å². The lowest BCUT2D eigenvalue weighted by molar-refractivity contribution is 0.227. The van der Waals surface area contributed by atoms with Crippen LogP contribution in [0, 0.1) is 0 Å². The lowest BCUT2D eigenvalue weighted by atomic mass is 10.2. The molecule has 1 aromatic rings. The molecule has 7 nitrogen and oxygen atoms in total. The second kappa shape index (κ2) is 7.58. The second-order valence-electron chi connectivity index (χ2n) is 4.47. The maximum Gasteiger partial charge on any atom is 0.294 e. The summed E-state index contributed by atoms with van der Waals surface area (Å²) in [6.45, 7) is 2.46. The zero-order valence-corrected chi connectivity index (χ0v) is 13.4. The van der Waals surface area contributed by atoms with Crippen LogP contribution in [0.4, 0.5) is 0 Å². The number of nitrogens with one attached hydrogen (secondary N) is 2. The van der Waals surface area contributed by atoms with Gasteiger partial charge in [-0.05, 0) is 24.6 Å². The molecule has 0 saturated heterocycles. The van der Waals surface area contributed by atoms with Crippen LogP contribution in [-0.2, 0) is 16.1 Å². The van der Waals surface area contributed by atoms with Gasteiger partial charge in [0.05, 0.1) is 18.7 Å². The highest BCUT2D eigenvalue weighted by Gasteiger charge is 2.21. The maximum absolute atomic E-state index is 11.0. The summed E-state index contributed by atoms with van der Waals surface area (Å²) in [6.07, 6.45) is 0. The first-order valence-corrected chi connectivity index (χ1v) is 7.20. The Labute approximate surface area is 138 Å². The van der Waals surface area contributed by atoms with Gasteiger partial charge in [0.25, 0.3) is 6.02 Å². The molecule has 1 aromatic carbocycles. The fourth-order valence-electron chi connectivity index (χ4n) is 1.95. The summed E-state index contributed by atoms with van der Waals surface area (Å²) in [5.41, 5.74) is 0.846. The van der Waals surface area contributed by atoms with Crippen molar-refractivity contribution < 1.29 is 19.4 Å². The fraction of sp³-hybridized carbons (Fsp3) is 0.267. The number of amidine groups is 1. The van der Waals surface area contributed by atoms with E-state index in [-0.39, 0.29) is 17.3 Å². The standard InChI is InChI=1S/C15H16ClN3O4/c1-3-23-13-11(8-20)18-15(21)19-14(13)17-7-9-4-5-12(22-2)10(16)6-9/h4-6,17H,3,7H2,1-2H3,(H2,18,19,21). The highest BCUT2D eigenvalue weighted by Crippen LogP contribution is 2.25. The van der Waals surface area contributed by atoms with Crippen LogP contribution in [0.1, 0.15) is 12.5 Å². The second-order valence-corrected chi connectivity index (χ2v) is 4.88. The van der Waals surface area contributed by atoms with Crippen LogP contribution in [-0.4, -0.2) is 30.8 Å². The summed E-state index contributed by atoms with van der Waals surface area (Å²) >= 11 is 6.08. The van der Waals surface area contributed by atoms with Gasteiger partial charge in [0.2, 0.25) is 0 Å². The van der Waals surface area contributed by atoms with Crippen molar-refractivity contribution in [2.75, 3.05) is 13.7 Å². The molecule has 0 atom stereocenters. The predicted octanol–water partition coefficient (Wildman–Crippen LogP) is 1.88. The van der Waals surface area contributed by atoms with Crippen molar-refractivity contribution in [1.29, 1.82) is 0 Å². The number of aliphatic hydroxyl groups excluding tert-OH is 1. The van der Waals surface area contributed by atoms with Crippen LogP contribution < -0.4 is 15.4 Å². The number of hydrogen-bond acceptors (Lipinski definition) is 6. The molecular formula is C15H16ClN3O4. The first kappa shape index (κ1) is 16.7. The molecule has 23 heavy (non-hydrogen) atoms. The van der Waals surface area contributed by atoms with E-state index in [0.717, 1.165) is 5.56 Å². The highest BCUT2D eigenvalue weighted by molar-refractivity contribution is 6.32. The number of nitrogens with zero attached hydrogens (tertiary/aromatic N) is 1. The molecule has 0 aliphatic carbocycles. The Bertz CT molecular complexity index is 709. The third-order valence-electron chi connectivity index (χ3n) is 2.96. The van der Waals surface area contributed by atoms with Gasteiger partial charge in [-0.25, -0.2) is 4.79 Å². The monoisotopic (exact) mass is 337 g/mol. The SMILES string of the molecule is CCOC1=C(NCc2ccc(OC)c(Cl)c2)N=C(O)NC1=C=O. The minimum Gasteiger partial charge on any atom is -0.495 e. The number of aliphatic hydroxyl groups is 1. The Hall–Kier alpha value is -2.63. The van der Waals surface area contributed by atoms with Crippen molar-refractivity contribution >= 4 is 23.6 Å². The van der Waals surface area contributed by atoms with Crippen LogP contribution in [0.15, 0.2) is 40.5 Å². The number of benzene rings is 1. The van der Waals surface area contributed by atoms with Gasteiger partial charge in [-0.15, -0.1) is 0 Å². The van der Waals surface area contributed by atoms with Crippen LogP contribution in [0.25, 0.3) is 0 Å². The molecular weight excluding hydrogens is 322 g/mol. The normalized spacial score (nSPS) is 13.9. The molecule has 0 unspecified atom stereocenters. The predicted molar refractivity (Wildman–Crippen MR) is 85.9 cm³/mol. The molecule has 0 amide bonds. The van der Waals surface area contributed by atoms with Crippen molar-refractivity contribution in [3.63, 3.8) is 0 Å². The highest BCUT2D eigenvalue weighted by atomic mass is 35.5. The molecule has 0 fully saturated rings. The van der Waals surface area contributed by atoms with Crippen molar-refractivity contribution in [3.8, 4) is 5.75 Å². The Morgan fingerprint density at radius 3 is 2.87 bits per heavy atom. The lowest BCUT2D eigenvalue weighted by Gasteiger charge is -2.19. The summed E-state index contributed by atoms with van der Waals surface area (Å²) in [5.74, 6) is 2.68. The third-order valence-corrected chi connectivity index (χ3v) is 3.26. The Morgan fingerprint density at radius 1 is 1.48 bits per heavy atom. The van der Waals surface area contributed by atoms with Gasteiger partial charge in [-0.2, -0.15) is 4.99 Å². The van der Waals surface area contributed by atoms with Crippen molar-refractivity contribution in [1.82, 2.24) is 10.6 Å². The van der Waals surface area contributed by atoms with Gasteiger partial charge in [0.1, 0.15) is 5.75 Å². The fourth-order valence-corrected chi connectivity index (χ4v) is 2.23. The smallest absolute Gasteiger partial charge is 0.294 e. The van der Waals surface area contributed by atoms with Crippen molar-refractivity contribution in [3.05, 3.63) is 46.1 Å². The van der Waals surface area contributed by atoms with E-state index in [0.29, 0.717) is 23.9 Å². The molecule has 0 bridgehead atoms. The molecule has 0 spiro atoms.